The zero-order valence-electron chi connectivity index (χ0n) is 14.7. The van der Waals surface area contributed by atoms with Gasteiger partial charge in [-0.1, -0.05) is 60.5 Å². The van der Waals surface area contributed by atoms with Gasteiger partial charge in [-0.2, -0.15) is 0 Å². The second-order valence-corrected chi connectivity index (χ2v) is 8.23. The number of halogens is 2. The molecule has 3 rings (SSSR count). The van der Waals surface area contributed by atoms with Gasteiger partial charge in [-0.25, -0.2) is 4.79 Å². The van der Waals surface area contributed by atoms with E-state index in [1.54, 1.807) is 19.2 Å². The van der Waals surface area contributed by atoms with E-state index in [2.05, 4.69) is 0 Å². The summed E-state index contributed by atoms with van der Waals surface area (Å²) < 4.78 is 0. The Morgan fingerprint density at radius 2 is 1.89 bits per heavy atom. The first-order chi connectivity index (χ1) is 12.8. The molecule has 0 saturated heterocycles. The maximum absolute atomic E-state index is 13.0. The summed E-state index contributed by atoms with van der Waals surface area (Å²) in [6.07, 6.45) is 2.05. The summed E-state index contributed by atoms with van der Waals surface area (Å²) in [6.45, 7) is 1.89. The Morgan fingerprint density at radius 3 is 2.52 bits per heavy atom. The van der Waals surface area contributed by atoms with Crippen LogP contribution in [0.2, 0.25) is 0 Å². The summed E-state index contributed by atoms with van der Waals surface area (Å²) in [4.78, 5) is 27.0. The quantitative estimate of drug-likeness (QED) is 0.685. The number of likely N-dealkylation sites (N-methyl/N-ethyl adjacent to an activating group) is 1. The number of rotatable bonds is 4. The summed E-state index contributed by atoms with van der Waals surface area (Å²) in [5.41, 5.74) is 1.78. The van der Waals surface area contributed by atoms with Crippen LogP contribution in [0.1, 0.15) is 23.0 Å². The second-order valence-electron chi connectivity index (χ2n) is 6.32. The lowest BCUT2D eigenvalue weighted by molar-refractivity contribution is -0.115. The number of aromatic carboxylic acids is 1. The van der Waals surface area contributed by atoms with E-state index in [0.29, 0.717) is 27.7 Å². The predicted molar refractivity (Wildman–Crippen MR) is 111 cm³/mol. The molecule has 140 valence electrons. The van der Waals surface area contributed by atoms with E-state index in [1.165, 1.54) is 4.90 Å². The summed E-state index contributed by atoms with van der Waals surface area (Å²) in [5, 5.41) is 10.5. The van der Waals surface area contributed by atoms with Gasteiger partial charge in [-0.15, -0.1) is 11.3 Å². The van der Waals surface area contributed by atoms with Gasteiger partial charge in [0.25, 0.3) is 5.91 Å². The van der Waals surface area contributed by atoms with Crippen molar-refractivity contribution in [3.05, 3.63) is 63.0 Å². The van der Waals surface area contributed by atoms with E-state index in [4.69, 9.17) is 23.2 Å². The lowest BCUT2D eigenvalue weighted by Crippen LogP contribution is -2.31. The summed E-state index contributed by atoms with van der Waals surface area (Å²) >= 11 is 13.3. The van der Waals surface area contributed by atoms with Gasteiger partial charge in [0.2, 0.25) is 0 Å². The Morgan fingerprint density at radius 1 is 1.22 bits per heavy atom. The number of carbonyl (C=O) groups is 2. The molecule has 1 atom stereocenters. The van der Waals surface area contributed by atoms with Crippen molar-refractivity contribution in [2.24, 2.45) is 5.92 Å². The molecule has 1 aliphatic rings. The number of carbonyl (C=O) groups excluding carboxylic acids is 1. The normalized spacial score (nSPS) is 16.9. The summed E-state index contributed by atoms with van der Waals surface area (Å²) in [7, 11) is 1.58. The largest absolute Gasteiger partial charge is 0.477 e. The van der Waals surface area contributed by atoms with Crippen molar-refractivity contribution in [2.45, 2.75) is 13.3 Å². The molecule has 0 bridgehead atoms. The zero-order valence-corrected chi connectivity index (χ0v) is 17.0. The van der Waals surface area contributed by atoms with Gasteiger partial charge in [-0.05, 0) is 30.0 Å². The number of hydrogen-bond donors (Lipinski definition) is 1. The standard InChI is InChI=1S/C20H17Cl2NO3S/c1-11-8-14(21)15(22)9-13(11)19(24)23(2)16-10-17(27-18(16)20(25)26)12-6-4-3-5-7-12/h3-7,9-11H,8H2,1-2H3,(H,25,26). The lowest BCUT2D eigenvalue weighted by atomic mass is 9.92. The first-order valence-electron chi connectivity index (χ1n) is 8.26. The van der Waals surface area contributed by atoms with Crippen molar-refractivity contribution in [2.75, 3.05) is 11.9 Å². The molecule has 1 aromatic carbocycles. The molecule has 27 heavy (non-hydrogen) atoms. The maximum atomic E-state index is 13.0. The number of carboxylic acid groups (broad SMARTS) is 1. The molecule has 4 nitrogen and oxygen atoms in total. The maximum Gasteiger partial charge on any atom is 0.348 e. The average Bonchev–Trinajstić information content (AvgIpc) is 3.10. The van der Waals surface area contributed by atoms with Gasteiger partial charge in [0.05, 0.1) is 10.7 Å². The smallest absolute Gasteiger partial charge is 0.348 e. The Balaban J connectivity index is 2.00. The topological polar surface area (TPSA) is 57.6 Å². The first kappa shape index (κ1) is 19.7. The van der Waals surface area contributed by atoms with Crippen LogP contribution in [0, 0.1) is 5.92 Å². The molecule has 1 N–H and O–H groups in total. The van der Waals surface area contributed by atoms with E-state index in [-0.39, 0.29) is 16.7 Å². The Hall–Kier alpha value is -2.08. The number of amides is 1. The average molecular weight is 422 g/mol. The van der Waals surface area contributed by atoms with Crippen LogP contribution in [0.4, 0.5) is 5.69 Å². The highest BCUT2D eigenvalue weighted by atomic mass is 35.5. The minimum Gasteiger partial charge on any atom is -0.477 e. The van der Waals surface area contributed by atoms with Crippen LogP contribution in [0.25, 0.3) is 10.4 Å². The number of thiophene rings is 1. The first-order valence-corrected chi connectivity index (χ1v) is 9.83. The number of allylic oxidation sites excluding steroid dienone is 3. The molecule has 0 aliphatic heterocycles. The molecule has 0 radical (unpaired) electrons. The van der Waals surface area contributed by atoms with Crippen molar-refractivity contribution in [3.8, 4) is 10.4 Å². The Bertz CT molecular complexity index is 963. The Labute approximate surface area is 171 Å². The fourth-order valence-electron chi connectivity index (χ4n) is 2.94. The molecular formula is C20H17Cl2NO3S. The number of benzene rings is 1. The molecular weight excluding hydrogens is 405 g/mol. The SMILES string of the molecule is CC1CC(Cl)=C(Cl)C=C1C(=O)N(C)c1cc(-c2ccccc2)sc1C(=O)O. The van der Waals surface area contributed by atoms with Gasteiger partial charge in [-0.3, -0.25) is 4.79 Å². The number of anilines is 1. The third-order valence-electron chi connectivity index (χ3n) is 4.44. The van der Waals surface area contributed by atoms with E-state index < -0.39 is 5.97 Å². The molecule has 7 heteroatoms. The molecule has 0 fully saturated rings. The molecule has 1 heterocycles. The van der Waals surface area contributed by atoms with Gasteiger partial charge < -0.3 is 10.0 Å². The third-order valence-corrected chi connectivity index (χ3v) is 6.39. The van der Waals surface area contributed by atoms with Crippen LogP contribution in [-0.4, -0.2) is 24.0 Å². The zero-order chi connectivity index (χ0) is 19.7. The monoisotopic (exact) mass is 421 g/mol. The van der Waals surface area contributed by atoms with Crippen molar-refractivity contribution in [1.82, 2.24) is 0 Å². The molecule has 1 unspecified atom stereocenters. The lowest BCUT2D eigenvalue weighted by Gasteiger charge is -2.24. The van der Waals surface area contributed by atoms with Crippen molar-refractivity contribution in [3.63, 3.8) is 0 Å². The molecule has 1 aromatic heterocycles. The minimum atomic E-state index is -1.07. The van der Waals surface area contributed by atoms with E-state index in [9.17, 15) is 14.7 Å². The van der Waals surface area contributed by atoms with Gasteiger partial charge in [0, 0.05) is 22.5 Å². The number of hydrogen-bond acceptors (Lipinski definition) is 3. The van der Waals surface area contributed by atoms with E-state index in [1.807, 2.05) is 37.3 Å². The second kappa shape index (κ2) is 7.89. The van der Waals surface area contributed by atoms with Crippen LogP contribution in [0.15, 0.2) is 58.1 Å². The molecule has 0 saturated carbocycles. The molecule has 0 spiro atoms. The highest BCUT2D eigenvalue weighted by Gasteiger charge is 2.29. The van der Waals surface area contributed by atoms with Crippen LogP contribution in [0.5, 0.6) is 0 Å². The highest BCUT2D eigenvalue weighted by Crippen LogP contribution is 2.39. The van der Waals surface area contributed by atoms with Crippen LogP contribution < -0.4 is 4.90 Å². The van der Waals surface area contributed by atoms with Gasteiger partial charge in [0.1, 0.15) is 4.88 Å². The highest BCUT2D eigenvalue weighted by molar-refractivity contribution is 7.18. The molecule has 1 aliphatic carbocycles. The van der Waals surface area contributed by atoms with E-state index in [0.717, 1.165) is 21.8 Å². The fraction of sp³-hybridized carbons (Fsp3) is 0.200. The van der Waals surface area contributed by atoms with Crippen LogP contribution in [0.3, 0.4) is 0 Å². The predicted octanol–water partition coefficient (Wildman–Crippen LogP) is 5.73. The van der Waals surface area contributed by atoms with Crippen LogP contribution in [-0.2, 0) is 4.79 Å². The third kappa shape index (κ3) is 3.95. The number of nitrogens with zero attached hydrogens (tertiary/aromatic N) is 1. The van der Waals surface area contributed by atoms with Crippen molar-refractivity contribution in [1.29, 1.82) is 0 Å². The van der Waals surface area contributed by atoms with Crippen LogP contribution >= 0.6 is 34.5 Å². The fourth-order valence-corrected chi connectivity index (χ4v) is 4.45. The molecule has 1 amide bonds. The van der Waals surface area contributed by atoms with Gasteiger partial charge >= 0.3 is 5.97 Å². The van der Waals surface area contributed by atoms with Crippen molar-refractivity contribution >= 4 is 52.1 Å². The van der Waals surface area contributed by atoms with E-state index >= 15 is 0 Å². The summed E-state index contributed by atoms with van der Waals surface area (Å²) in [6, 6.07) is 11.2. The summed E-state index contributed by atoms with van der Waals surface area (Å²) in [5.74, 6) is -1.45. The number of carboxylic acids is 1. The van der Waals surface area contributed by atoms with Gasteiger partial charge in [0.15, 0.2) is 0 Å². The van der Waals surface area contributed by atoms with Crippen molar-refractivity contribution < 1.29 is 14.7 Å². The minimum absolute atomic E-state index is 0.101. The molecule has 2 aromatic rings. The Kier molecular flexibility index (Phi) is 5.75.